The molecule has 0 amide bonds. The van der Waals surface area contributed by atoms with Crippen LogP contribution in [0.4, 0.5) is 0 Å². The van der Waals surface area contributed by atoms with Gasteiger partial charge in [-0.05, 0) is 72.8 Å². The molecule has 5 heteroatoms. The Hall–Kier alpha value is -4.12. The highest BCUT2D eigenvalue weighted by Crippen LogP contribution is 2.31. The second-order valence-corrected chi connectivity index (χ2v) is 6.24. The number of hydrogen-bond donors (Lipinski definition) is 2. The second kappa shape index (κ2) is 8.27. The van der Waals surface area contributed by atoms with Gasteiger partial charge in [0.25, 0.3) is 0 Å². The normalized spacial score (nSPS) is 10.3. The van der Waals surface area contributed by atoms with E-state index >= 15 is 0 Å². The van der Waals surface area contributed by atoms with Gasteiger partial charge in [-0.25, -0.2) is 0 Å². The largest absolute Gasteiger partial charge is 0.508 e. The van der Waals surface area contributed by atoms with Gasteiger partial charge in [-0.2, -0.15) is 0 Å². The first-order valence-electron chi connectivity index (χ1n) is 8.96. The molecule has 4 aromatic rings. The molecule has 0 spiro atoms. The predicted octanol–water partition coefficient (Wildman–Crippen LogP) is 6.47. The van der Waals surface area contributed by atoms with E-state index in [1.807, 2.05) is 36.4 Å². The molecule has 0 unspecified atom stereocenters. The highest BCUT2D eigenvalue weighted by atomic mass is 16.5. The van der Waals surface area contributed by atoms with Gasteiger partial charge >= 0.3 is 0 Å². The van der Waals surface area contributed by atoms with Crippen LogP contribution < -0.4 is 14.2 Å². The van der Waals surface area contributed by atoms with Crippen molar-refractivity contribution in [3.05, 3.63) is 97.1 Å². The topological polar surface area (TPSA) is 68.2 Å². The summed E-state index contributed by atoms with van der Waals surface area (Å²) in [7, 11) is 0. The van der Waals surface area contributed by atoms with Gasteiger partial charge in [0.2, 0.25) is 0 Å². The Morgan fingerprint density at radius 3 is 1.03 bits per heavy atom. The molecular formula is C24H18O5. The molecule has 0 heterocycles. The lowest BCUT2D eigenvalue weighted by Gasteiger charge is -2.11. The number of benzene rings is 4. The molecule has 4 rings (SSSR count). The Morgan fingerprint density at radius 1 is 0.379 bits per heavy atom. The van der Waals surface area contributed by atoms with Crippen LogP contribution in [0.1, 0.15) is 0 Å². The van der Waals surface area contributed by atoms with Crippen molar-refractivity contribution >= 4 is 0 Å². The van der Waals surface area contributed by atoms with E-state index in [0.717, 1.165) is 0 Å². The van der Waals surface area contributed by atoms with Crippen LogP contribution in [-0.2, 0) is 0 Å². The quantitative estimate of drug-likeness (QED) is 0.397. The van der Waals surface area contributed by atoms with Gasteiger partial charge < -0.3 is 24.4 Å². The van der Waals surface area contributed by atoms with Gasteiger partial charge in [0.05, 0.1) is 0 Å². The molecule has 144 valence electrons. The molecule has 4 aromatic carbocycles. The molecule has 0 saturated heterocycles. The van der Waals surface area contributed by atoms with Crippen LogP contribution in [0.25, 0.3) is 0 Å². The maximum atomic E-state index is 9.36. The van der Waals surface area contributed by atoms with Crippen molar-refractivity contribution in [3.8, 4) is 46.0 Å². The number of phenolic OH excluding ortho intramolecular Hbond substituents is 2. The second-order valence-electron chi connectivity index (χ2n) is 6.24. The molecule has 0 radical (unpaired) electrons. The van der Waals surface area contributed by atoms with E-state index < -0.39 is 0 Å². The molecule has 0 aliphatic rings. The van der Waals surface area contributed by atoms with Crippen molar-refractivity contribution < 1.29 is 24.4 Å². The van der Waals surface area contributed by atoms with E-state index in [1.54, 1.807) is 60.7 Å². The predicted molar refractivity (Wildman–Crippen MR) is 109 cm³/mol. The summed E-state index contributed by atoms with van der Waals surface area (Å²) < 4.78 is 17.5. The van der Waals surface area contributed by atoms with E-state index in [4.69, 9.17) is 14.2 Å². The summed E-state index contributed by atoms with van der Waals surface area (Å²) in [5.74, 6) is 4.06. The van der Waals surface area contributed by atoms with Gasteiger partial charge in [0.15, 0.2) is 0 Å². The number of phenols is 2. The first kappa shape index (κ1) is 18.3. The maximum absolute atomic E-state index is 9.36. The molecule has 29 heavy (non-hydrogen) atoms. The first-order valence-corrected chi connectivity index (χ1v) is 8.96. The van der Waals surface area contributed by atoms with E-state index in [9.17, 15) is 10.2 Å². The third-order valence-electron chi connectivity index (χ3n) is 3.99. The summed E-state index contributed by atoms with van der Waals surface area (Å²) in [6.45, 7) is 0. The lowest BCUT2D eigenvalue weighted by atomic mass is 10.3. The number of hydrogen-bond acceptors (Lipinski definition) is 5. The lowest BCUT2D eigenvalue weighted by molar-refractivity contribution is 0.447. The van der Waals surface area contributed by atoms with Gasteiger partial charge in [0, 0.05) is 12.1 Å². The minimum atomic E-state index is 0.184. The average Bonchev–Trinajstić information content (AvgIpc) is 2.72. The Bertz CT molecular complexity index is 1000. The summed E-state index contributed by atoms with van der Waals surface area (Å²) in [6.07, 6.45) is 0. The molecule has 0 aliphatic carbocycles. The molecule has 0 aliphatic heterocycles. The van der Waals surface area contributed by atoms with Crippen molar-refractivity contribution in [1.82, 2.24) is 0 Å². The molecule has 0 aromatic heterocycles. The van der Waals surface area contributed by atoms with E-state index in [1.165, 1.54) is 0 Å². The average molecular weight is 386 g/mol. The van der Waals surface area contributed by atoms with E-state index in [2.05, 4.69) is 0 Å². The minimum absolute atomic E-state index is 0.184. The third kappa shape index (κ3) is 4.99. The molecular weight excluding hydrogens is 368 g/mol. The van der Waals surface area contributed by atoms with Crippen LogP contribution in [0.5, 0.6) is 46.0 Å². The SMILES string of the molecule is Oc1ccc(Oc2cccc(Oc3cccc(Oc4ccc(O)cc4)c3)c2)cc1. The molecule has 2 N–H and O–H groups in total. The van der Waals surface area contributed by atoms with Crippen LogP contribution in [0.2, 0.25) is 0 Å². The van der Waals surface area contributed by atoms with Gasteiger partial charge in [-0.15, -0.1) is 0 Å². The molecule has 0 atom stereocenters. The van der Waals surface area contributed by atoms with Crippen molar-refractivity contribution in [2.75, 3.05) is 0 Å². The first-order chi connectivity index (χ1) is 14.1. The maximum Gasteiger partial charge on any atom is 0.131 e. The number of ether oxygens (including phenoxy) is 3. The van der Waals surface area contributed by atoms with Crippen LogP contribution in [0.15, 0.2) is 97.1 Å². The van der Waals surface area contributed by atoms with Gasteiger partial charge in [-0.1, -0.05) is 12.1 Å². The Kier molecular flexibility index (Phi) is 5.21. The molecule has 0 fully saturated rings. The van der Waals surface area contributed by atoms with Crippen LogP contribution in [0.3, 0.4) is 0 Å². The monoisotopic (exact) mass is 386 g/mol. The highest BCUT2D eigenvalue weighted by molar-refractivity contribution is 5.43. The van der Waals surface area contributed by atoms with Gasteiger partial charge in [-0.3, -0.25) is 0 Å². The molecule has 5 nitrogen and oxygen atoms in total. The van der Waals surface area contributed by atoms with Crippen molar-refractivity contribution in [2.45, 2.75) is 0 Å². The van der Waals surface area contributed by atoms with Crippen molar-refractivity contribution in [2.24, 2.45) is 0 Å². The lowest BCUT2D eigenvalue weighted by Crippen LogP contribution is -1.88. The molecule has 0 saturated carbocycles. The fourth-order valence-corrected chi connectivity index (χ4v) is 2.64. The zero-order valence-electron chi connectivity index (χ0n) is 15.4. The van der Waals surface area contributed by atoms with Gasteiger partial charge in [0.1, 0.15) is 46.0 Å². The number of rotatable bonds is 6. The summed E-state index contributed by atoms with van der Waals surface area (Å²) in [4.78, 5) is 0. The zero-order valence-corrected chi connectivity index (χ0v) is 15.4. The Morgan fingerprint density at radius 2 is 0.690 bits per heavy atom. The highest BCUT2D eigenvalue weighted by Gasteiger charge is 2.04. The summed E-state index contributed by atoms with van der Waals surface area (Å²) in [5, 5.41) is 18.7. The van der Waals surface area contributed by atoms with Crippen molar-refractivity contribution in [3.63, 3.8) is 0 Å². The van der Waals surface area contributed by atoms with Crippen molar-refractivity contribution in [1.29, 1.82) is 0 Å². The Labute approximate surface area is 168 Å². The smallest absolute Gasteiger partial charge is 0.131 e. The van der Waals surface area contributed by atoms with Crippen LogP contribution in [-0.4, -0.2) is 10.2 Å². The summed E-state index contributed by atoms with van der Waals surface area (Å²) in [6, 6.07) is 27.5. The van der Waals surface area contributed by atoms with Crippen LogP contribution in [0, 0.1) is 0 Å². The van der Waals surface area contributed by atoms with E-state index in [0.29, 0.717) is 34.5 Å². The zero-order chi connectivity index (χ0) is 20.1. The fraction of sp³-hybridized carbons (Fsp3) is 0. The number of aromatic hydroxyl groups is 2. The third-order valence-corrected chi connectivity index (χ3v) is 3.99. The van der Waals surface area contributed by atoms with Crippen LogP contribution >= 0.6 is 0 Å². The minimum Gasteiger partial charge on any atom is -0.508 e. The standard InChI is InChI=1S/C24H18O5/c25-17-7-11-19(12-8-17)27-21-3-1-5-23(15-21)29-24-6-2-4-22(16-24)28-20-13-9-18(26)10-14-20/h1-16,25-26H. The molecule has 0 bridgehead atoms. The summed E-state index contributed by atoms with van der Waals surface area (Å²) >= 11 is 0. The fourth-order valence-electron chi connectivity index (χ4n) is 2.64. The Balaban J connectivity index is 1.46. The van der Waals surface area contributed by atoms with E-state index in [-0.39, 0.29) is 11.5 Å². The summed E-state index contributed by atoms with van der Waals surface area (Å²) in [5.41, 5.74) is 0.